The first-order valence-corrected chi connectivity index (χ1v) is 5.19. The van der Waals surface area contributed by atoms with Gasteiger partial charge in [0.2, 0.25) is 0 Å². The Morgan fingerprint density at radius 1 is 1.36 bits per heavy atom. The van der Waals surface area contributed by atoms with E-state index in [1.165, 1.54) is 5.56 Å². The first-order chi connectivity index (χ1) is 6.68. The minimum atomic E-state index is 0.00249. The van der Waals surface area contributed by atoms with Gasteiger partial charge in [0, 0.05) is 24.6 Å². The van der Waals surface area contributed by atoms with Crippen molar-refractivity contribution in [1.82, 2.24) is 4.98 Å². The summed E-state index contributed by atoms with van der Waals surface area (Å²) in [4.78, 5) is 4.45. The average Bonchev–Trinajstić information content (AvgIpc) is 2.99. The molecule has 1 fully saturated rings. The number of hydrogen-bond donors (Lipinski definition) is 0. The predicted octanol–water partition coefficient (Wildman–Crippen LogP) is 2.84. The van der Waals surface area contributed by atoms with Crippen LogP contribution in [0.2, 0.25) is 0 Å². The van der Waals surface area contributed by atoms with Crippen LogP contribution in [0.4, 0.5) is 0 Å². The molecule has 0 aliphatic heterocycles. The van der Waals surface area contributed by atoms with Crippen LogP contribution in [0.1, 0.15) is 43.9 Å². The van der Waals surface area contributed by atoms with Gasteiger partial charge < -0.3 is 4.74 Å². The maximum absolute atomic E-state index is 5.50. The summed E-state index contributed by atoms with van der Waals surface area (Å²) in [6, 6.07) is 4.26. The molecule has 2 heteroatoms. The first-order valence-electron chi connectivity index (χ1n) is 5.19. The molecule has 0 saturated heterocycles. The summed E-state index contributed by atoms with van der Waals surface area (Å²) < 4.78 is 5.50. The highest BCUT2D eigenvalue weighted by Crippen LogP contribution is 2.48. The van der Waals surface area contributed by atoms with Crippen molar-refractivity contribution >= 4 is 0 Å². The van der Waals surface area contributed by atoms with Gasteiger partial charge in [-0.15, -0.1) is 0 Å². The normalized spacial score (nSPS) is 18.6. The molecule has 0 atom stereocenters. The van der Waals surface area contributed by atoms with Crippen molar-refractivity contribution in [2.75, 3.05) is 7.11 Å². The molecule has 14 heavy (non-hydrogen) atoms. The monoisotopic (exact) mass is 191 g/mol. The molecule has 0 N–H and O–H groups in total. The van der Waals surface area contributed by atoms with Gasteiger partial charge >= 0.3 is 0 Å². The number of ether oxygens (including phenoxy) is 1. The third kappa shape index (κ3) is 1.55. The van der Waals surface area contributed by atoms with Gasteiger partial charge in [-0.2, -0.15) is 0 Å². The van der Waals surface area contributed by atoms with Crippen LogP contribution in [0, 0.1) is 0 Å². The zero-order chi connectivity index (χ0) is 10.2. The topological polar surface area (TPSA) is 22.1 Å². The fraction of sp³-hybridized carbons (Fsp3) is 0.583. The largest absolute Gasteiger partial charge is 0.373 e. The van der Waals surface area contributed by atoms with E-state index in [1.807, 2.05) is 6.20 Å². The summed E-state index contributed by atoms with van der Waals surface area (Å²) in [6.45, 7) is 4.32. The van der Waals surface area contributed by atoms with Gasteiger partial charge in [-0.05, 0) is 24.8 Å². The van der Waals surface area contributed by atoms with Gasteiger partial charge in [-0.25, -0.2) is 0 Å². The van der Waals surface area contributed by atoms with Gasteiger partial charge in [0.1, 0.15) is 0 Å². The maximum atomic E-state index is 5.50. The molecule has 1 aliphatic carbocycles. The number of pyridine rings is 1. The third-order valence-electron chi connectivity index (χ3n) is 3.00. The van der Waals surface area contributed by atoms with Gasteiger partial charge in [0.05, 0.1) is 5.60 Å². The number of methoxy groups -OCH3 is 1. The lowest BCUT2D eigenvalue weighted by molar-refractivity contribution is 0.0786. The summed E-state index contributed by atoms with van der Waals surface area (Å²) in [5.74, 6) is 0.502. The first kappa shape index (κ1) is 9.66. The number of nitrogens with zero attached hydrogens (tertiary/aromatic N) is 1. The lowest BCUT2D eigenvalue weighted by Gasteiger charge is -2.14. The molecule has 1 aromatic rings. The van der Waals surface area contributed by atoms with E-state index >= 15 is 0 Å². The molecular weight excluding hydrogens is 174 g/mol. The second-order valence-corrected chi connectivity index (χ2v) is 4.32. The van der Waals surface area contributed by atoms with Crippen molar-refractivity contribution in [3.63, 3.8) is 0 Å². The molecule has 0 spiro atoms. The highest BCUT2D eigenvalue weighted by Gasteiger charge is 2.44. The molecule has 1 aromatic heterocycles. The molecule has 2 nitrogen and oxygen atoms in total. The van der Waals surface area contributed by atoms with Crippen LogP contribution in [-0.2, 0) is 10.3 Å². The fourth-order valence-corrected chi connectivity index (χ4v) is 1.74. The second kappa shape index (κ2) is 3.35. The lowest BCUT2D eigenvalue weighted by Crippen LogP contribution is -2.09. The van der Waals surface area contributed by atoms with E-state index in [2.05, 4.69) is 31.0 Å². The Labute approximate surface area is 85.3 Å². The molecule has 1 heterocycles. The quantitative estimate of drug-likeness (QED) is 0.733. The van der Waals surface area contributed by atoms with E-state index in [0.29, 0.717) is 5.92 Å². The zero-order valence-electron chi connectivity index (χ0n) is 9.08. The van der Waals surface area contributed by atoms with Crippen LogP contribution >= 0.6 is 0 Å². The molecule has 2 rings (SSSR count). The van der Waals surface area contributed by atoms with Crippen LogP contribution in [0.3, 0.4) is 0 Å². The fourth-order valence-electron chi connectivity index (χ4n) is 1.74. The molecular formula is C12H17NO. The van der Waals surface area contributed by atoms with E-state index in [-0.39, 0.29) is 5.60 Å². The summed E-state index contributed by atoms with van der Waals surface area (Å²) in [5, 5.41) is 0. The molecule has 76 valence electrons. The average molecular weight is 191 g/mol. The van der Waals surface area contributed by atoms with Crippen molar-refractivity contribution in [2.24, 2.45) is 0 Å². The Balaban J connectivity index is 2.22. The molecule has 0 unspecified atom stereocenters. The SMILES string of the molecule is COC1(c2ccc(C(C)C)nc2)CC1. The standard InChI is InChI=1S/C12H17NO/c1-9(2)11-5-4-10(8-13-11)12(14-3)6-7-12/h4-5,8-9H,6-7H2,1-3H3. The number of aromatic nitrogens is 1. The van der Waals surface area contributed by atoms with E-state index in [4.69, 9.17) is 4.74 Å². The van der Waals surface area contributed by atoms with Crippen LogP contribution in [0.25, 0.3) is 0 Å². The van der Waals surface area contributed by atoms with Crippen molar-refractivity contribution in [3.8, 4) is 0 Å². The Kier molecular flexibility index (Phi) is 2.31. The van der Waals surface area contributed by atoms with Crippen molar-refractivity contribution in [3.05, 3.63) is 29.6 Å². The van der Waals surface area contributed by atoms with Crippen LogP contribution < -0.4 is 0 Å². The van der Waals surface area contributed by atoms with Crippen molar-refractivity contribution in [1.29, 1.82) is 0 Å². The summed E-state index contributed by atoms with van der Waals surface area (Å²) in [7, 11) is 1.78. The molecule has 0 radical (unpaired) electrons. The highest BCUT2D eigenvalue weighted by molar-refractivity contribution is 5.27. The van der Waals surface area contributed by atoms with Crippen LogP contribution in [0.15, 0.2) is 18.3 Å². The molecule has 0 aromatic carbocycles. The van der Waals surface area contributed by atoms with Crippen molar-refractivity contribution in [2.45, 2.75) is 38.2 Å². The Hall–Kier alpha value is -0.890. The van der Waals surface area contributed by atoms with Crippen molar-refractivity contribution < 1.29 is 4.74 Å². The Morgan fingerprint density at radius 2 is 2.07 bits per heavy atom. The Bertz CT molecular complexity index is 312. The van der Waals surface area contributed by atoms with E-state index in [1.54, 1.807) is 7.11 Å². The highest BCUT2D eigenvalue weighted by atomic mass is 16.5. The van der Waals surface area contributed by atoms with Gasteiger partial charge in [-0.3, -0.25) is 4.98 Å². The molecule has 0 amide bonds. The van der Waals surface area contributed by atoms with Crippen LogP contribution in [0.5, 0.6) is 0 Å². The number of hydrogen-bond acceptors (Lipinski definition) is 2. The maximum Gasteiger partial charge on any atom is 0.0944 e. The minimum Gasteiger partial charge on any atom is -0.373 e. The Morgan fingerprint density at radius 3 is 2.43 bits per heavy atom. The van der Waals surface area contributed by atoms with Crippen LogP contribution in [-0.4, -0.2) is 12.1 Å². The van der Waals surface area contributed by atoms with Gasteiger partial charge in [-0.1, -0.05) is 19.9 Å². The third-order valence-corrected chi connectivity index (χ3v) is 3.00. The predicted molar refractivity (Wildman–Crippen MR) is 56.2 cm³/mol. The lowest BCUT2D eigenvalue weighted by atomic mass is 10.1. The number of rotatable bonds is 3. The zero-order valence-corrected chi connectivity index (χ0v) is 9.08. The smallest absolute Gasteiger partial charge is 0.0944 e. The summed E-state index contributed by atoms with van der Waals surface area (Å²) in [6.07, 6.45) is 4.23. The van der Waals surface area contributed by atoms with Gasteiger partial charge in [0.15, 0.2) is 0 Å². The van der Waals surface area contributed by atoms with E-state index < -0.39 is 0 Å². The summed E-state index contributed by atoms with van der Waals surface area (Å²) >= 11 is 0. The van der Waals surface area contributed by atoms with Gasteiger partial charge in [0.25, 0.3) is 0 Å². The van der Waals surface area contributed by atoms with E-state index in [9.17, 15) is 0 Å². The minimum absolute atomic E-state index is 0.00249. The van der Waals surface area contributed by atoms with E-state index in [0.717, 1.165) is 18.5 Å². The molecule has 1 aliphatic rings. The second-order valence-electron chi connectivity index (χ2n) is 4.32. The molecule has 1 saturated carbocycles. The molecule has 0 bridgehead atoms. The summed E-state index contributed by atoms with van der Waals surface area (Å²) in [5.41, 5.74) is 2.38.